The Balaban J connectivity index is 1.60. The molecule has 1 saturated heterocycles. The number of aromatic hydroxyl groups is 2. The first-order valence-corrected chi connectivity index (χ1v) is 15.8. The lowest BCUT2D eigenvalue weighted by Gasteiger charge is -2.43. The van der Waals surface area contributed by atoms with Crippen molar-refractivity contribution in [3.63, 3.8) is 0 Å². The Bertz CT molecular complexity index is 1820. The molecule has 0 saturated carbocycles. The molecule has 2 aliphatic carbocycles. The average Bonchev–Trinajstić information content (AvgIpc) is 3.04. The number of fused-ring (bicyclic) bond motifs is 3. The van der Waals surface area contributed by atoms with Crippen LogP contribution in [0.3, 0.4) is 0 Å². The van der Waals surface area contributed by atoms with Gasteiger partial charge in [0.1, 0.15) is 29.0 Å². The van der Waals surface area contributed by atoms with Crippen molar-refractivity contribution in [3.05, 3.63) is 51.6 Å². The van der Waals surface area contributed by atoms with Gasteiger partial charge in [-0.05, 0) is 33.8 Å². The molecule has 1 unspecified atom stereocenters. The average molecular weight is 724 g/mol. The molecule has 0 bridgehead atoms. The quantitative estimate of drug-likeness (QED) is 0.175. The van der Waals surface area contributed by atoms with Crippen LogP contribution in [-0.2, 0) is 35.0 Å². The van der Waals surface area contributed by atoms with E-state index in [1.165, 1.54) is 53.0 Å². The molecule has 1 aliphatic heterocycles. The number of esters is 1. The zero-order valence-corrected chi connectivity index (χ0v) is 28.0. The van der Waals surface area contributed by atoms with Crippen molar-refractivity contribution in [1.29, 1.82) is 0 Å². The van der Waals surface area contributed by atoms with Crippen LogP contribution in [0.25, 0.3) is 0 Å². The standard InChI is InChI=1S/C34H36F3NO13/c1-13-25(40)16(38-30(45)34(35,36)37)9-20(50-13)51-18-11-33(47,19(39)12-49-31(46)32(2,3)4)10-15-22(18)29(44)24-23(27(15)42)26(41)14-7-6-8-17(48-5)21(14)28(24)43/h6-8,13,16,18,20,25,40,42,44,47H,9-12H2,1-5H3,(H,38,45)/t13-,16-,18?,20-,25+,33-/m0/s1. The fourth-order valence-electron chi connectivity index (χ4n) is 6.44. The molecule has 5 rings (SSSR count). The number of carbonyl (C=O) groups excluding carboxylic acids is 5. The van der Waals surface area contributed by atoms with Crippen molar-refractivity contribution < 1.29 is 76.5 Å². The topological polar surface area (TPSA) is 215 Å². The van der Waals surface area contributed by atoms with Crippen molar-refractivity contribution in [1.82, 2.24) is 5.32 Å². The van der Waals surface area contributed by atoms with E-state index in [0.29, 0.717) is 0 Å². The Kier molecular flexibility index (Phi) is 9.74. The number of methoxy groups -OCH3 is 1. The lowest BCUT2D eigenvalue weighted by molar-refractivity contribution is -0.250. The molecule has 3 aliphatic rings. The first kappa shape index (κ1) is 37.7. The predicted octanol–water partition coefficient (Wildman–Crippen LogP) is 2.32. The summed E-state index contributed by atoms with van der Waals surface area (Å²) in [6, 6.07) is 2.56. The Labute approximate surface area is 288 Å². The predicted molar refractivity (Wildman–Crippen MR) is 165 cm³/mol. The minimum absolute atomic E-state index is 0.0132. The monoisotopic (exact) mass is 723 g/mol. The van der Waals surface area contributed by atoms with E-state index >= 15 is 0 Å². The van der Waals surface area contributed by atoms with Gasteiger partial charge in [-0.2, -0.15) is 13.2 Å². The molecule has 276 valence electrons. The molecule has 5 N–H and O–H groups in total. The maximum Gasteiger partial charge on any atom is 0.471 e. The summed E-state index contributed by atoms with van der Waals surface area (Å²) in [5.74, 6) is -7.77. The largest absolute Gasteiger partial charge is 0.507 e. The van der Waals surface area contributed by atoms with E-state index in [-0.39, 0.29) is 28.0 Å². The number of phenolic OH excluding ortho intramolecular Hbond substituents is 2. The van der Waals surface area contributed by atoms with E-state index in [1.54, 1.807) is 5.32 Å². The number of phenols is 2. The maximum atomic E-state index is 13.9. The van der Waals surface area contributed by atoms with Gasteiger partial charge in [-0.15, -0.1) is 0 Å². The van der Waals surface area contributed by atoms with Crippen LogP contribution < -0.4 is 10.1 Å². The third-order valence-corrected chi connectivity index (χ3v) is 9.14. The summed E-state index contributed by atoms with van der Waals surface area (Å²) in [6.07, 6.45) is -13.5. The summed E-state index contributed by atoms with van der Waals surface area (Å²) < 4.78 is 61.2. The summed E-state index contributed by atoms with van der Waals surface area (Å²) in [6.45, 7) is 4.92. The van der Waals surface area contributed by atoms with Crippen LogP contribution in [0.2, 0.25) is 0 Å². The minimum Gasteiger partial charge on any atom is -0.507 e. The van der Waals surface area contributed by atoms with E-state index in [0.717, 1.165) is 0 Å². The minimum atomic E-state index is -5.29. The summed E-state index contributed by atoms with van der Waals surface area (Å²) in [7, 11) is 1.25. The molecule has 1 amide bonds. The smallest absolute Gasteiger partial charge is 0.471 e. The van der Waals surface area contributed by atoms with Gasteiger partial charge in [-0.25, -0.2) is 0 Å². The fourth-order valence-corrected chi connectivity index (χ4v) is 6.44. The van der Waals surface area contributed by atoms with Crippen molar-refractivity contribution in [2.24, 2.45) is 5.41 Å². The molecule has 1 heterocycles. The molecule has 0 spiro atoms. The van der Waals surface area contributed by atoms with E-state index < -0.39 is 126 Å². The van der Waals surface area contributed by atoms with Crippen LogP contribution in [-0.4, -0.2) is 99.7 Å². The number of aliphatic hydroxyl groups is 2. The fraction of sp³-hybridized carbons (Fsp3) is 0.500. The maximum absolute atomic E-state index is 13.9. The molecular weight excluding hydrogens is 687 g/mol. The SMILES string of the molecule is COc1cccc2c1C(=O)c1c(O)c3c(c(O)c1C2=O)C[C@@](O)(C(=O)COC(=O)C(C)(C)C)CC3O[C@H]1C[C@H](NC(=O)C(F)(F)F)[C@H](O)[C@H](C)O1. The zero-order chi connectivity index (χ0) is 38.0. The second-order valence-corrected chi connectivity index (χ2v) is 13.7. The lowest BCUT2D eigenvalue weighted by atomic mass is 9.72. The Morgan fingerprint density at radius 3 is 2.29 bits per heavy atom. The number of hydrogen-bond donors (Lipinski definition) is 5. The summed E-state index contributed by atoms with van der Waals surface area (Å²) in [5, 5.41) is 47.3. The van der Waals surface area contributed by atoms with Gasteiger partial charge in [0.15, 0.2) is 18.7 Å². The van der Waals surface area contributed by atoms with Gasteiger partial charge in [-0.3, -0.25) is 24.0 Å². The zero-order valence-electron chi connectivity index (χ0n) is 28.0. The van der Waals surface area contributed by atoms with E-state index in [2.05, 4.69) is 0 Å². The molecule has 2 aromatic carbocycles. The molecule has 1 fully saturated rings. The Hall–Kier alpha value is -4.58. The highest BCUT2D eigenvalue weighted by molar-refractivity contribution is 6.31. The Morgan fingerprint density at radius 2 is 1.69 bits per heavy atom. The van der Waals surface area contributed by atoms with Crippen LogP contribution in [0.15, 0.2) is 18.2 Å². The molecule has 0 radical (unpaired) electrons. The molecular formula is C34H36F3NO13. The number of benzene rings is 2. The number of rotatable bonds is 7. The molecule has 6 atom stereocenters. The number of amides is 1. The van der Waals surface area contributed by atoms with Gasteiger partial charge in [-0.1, -0.05) is 12.1 Å². The second kappa shape index (κ2) is 13.2. The van der Waals surface area contributed by atoms with Crippen LogP contribution in [0, 0.1) is 5.41 Å². The summed E-state index contributed by atoms with van der Waals surface area (Å²) >= 11 is 0. The van der Waals surface area contributed by atoms with Gasteiger partial charge < -0.3 is 44.7 Å². The van der Waals surface area contributed by atoms with Crippen LogP contribution in [0.4, 0.5) is 13.2 Å². The highest BCUT2D eigenvalue weighted by Gasteiger charge is 2.51. The number of Topliss-reactive ketones (excluding diaryl/α,β-unsaturated/α-hetero) is 1. The van der Waals surface area contributed by atoms with Crippen molar-refractivity contribution in [3.8, 4) is 17.2 Å². The number of ether oxygens (including phenoxy) is 4. The third kappa shape index (κ3) is 6.78. The van der Waals surface area contributed by atoms with Crippen molar-refractivity contribution in [2.45, 2.75) is 89.4 Å². The van der Waals surface area contributed by atoms with E-state index in [9.17, 15) is 57.6 Å². The highest BCUT2D eigenvalue weighted by atomic mass is 19.4. The van der Waals surface area contributed by atoms with Gasteiger partial charge in [0.2, 0.25) is 11.6 Å². The molecule has 51 heavy (non-hydrogen) atoms. The number of aliphatic hydroxyl groups excluding tert-OH is 1. The van der Waals surface area contributed by atoms with Gasteiger partial charge in [0.05, 0.1) is 47.5 Å². The number of halogens is 3. The second-order valence-electron chi connectivity index (χ2n) is 13.7. The number of alkyl halides is 3. The molecule has 17 heteroatoms. The first-order valence-electron chi connectivity index (χ1n) is 15.8. The third-order valence-electron chi connectivity index (χ3n) is 9.14. The van der Waals surface area contributed by atoms with Crippen molar-refractivity contribution in [2.75, 3.05) is 13.7 Å². The highest BCUT2D eigenvalue weighted by Crippen LogP contribution is 2.52. The number of nitrogens with one attached hydrogen (secondary N) is 1. The van der Waals surface area contributed by atoms with Crippen LogP contribution in [0.1, 0.15) is 89.6 Å². The number of ketones is 3. The van der Waals surface area contributed by atoms with Crippen LogP contribution in [0.5, 0.6) is 17.2 Å². The van der Waals surface area contributed by atoms with Crippen molar-refractivity contribution >= 4 is 29.2 Å². The van der Waals surface area contributed by atoms with Gasteiger partial charge in [0.25, 0.3) is 0 Å². The molecule has 2 aromatic rings. The molecule has 14 nitrogen and oxygen atoms in total. The normalized spacial score (nSPS) is 26.0. The number of carbonyl (C=O) groups is 5. The summed E-state index contributed by atoms with van der Waals surface area (Å²) in [5.41, 5.74) is -5.93. The summed E-state index contributed by atoms with van der Waals surface area (Å²) in [4.78, 5) is 65.3. The Morgan fingerprint density at radius 1 is 1.04 bits per heavy atom. The van der Waals surface area contributed by atoms with E-state index in [4.69, 9.17) is 18.9 Å². The lowest BCUT2D eigenvalue weighted by Crippen LogP contribution is -2.57. The van der Waals surface area contributed by atoms with Gasteiger partial charge >= 0.3 is 18.1 Å². The van der Waals surface area contributed by atoms with Gasteiger partial charge in [0, 0.05) is 36.0 Å². The number of hydrogen-bond acceptors (Lipinski definition) is 13. The van der Waals surface area contributed by atoms with Crippen LogP contribution >= 0.6 is 0 Å². The van der Waals surface area contributed by atoms with E-state index in [1.807, 2.05) is 0 Å². The molecule has 0 aromatic heterocycles. The first-order chi connectivity index (χ1) is 23.6.